The molecule has 2 heterocycles. The number of amides is 1. The second kappa shape index (κ2) is 9.47. The first-order valence-corrected chi connectivity index (χ1v) is 10.3. The zero-order valence-corrected chi connectivity index (χ0v) is 18.0. The highest BCUT2D eigenvalue weighted by atomic mass is 16.5. The normalized spacial score (nSPS) is 17.5. The molecule has 1 amide bonds. The number of nitrogens with zero attached hydrogens (tertiary/aromatic N) is 2. The van der Waals surface area contributed by atoms with Gasteiger partial charge in [-0.05, 0) is 41.5 Å². The lowest BCUT2D eigenvalue weighted by atomic mass is 9.85. The van der Waals surface area contributed by atoms with Gasteiger partial charge in [0.25, 0.3) is 0 Å². The number of rotatable bonds is 6. The van der Waals surface area contributed by atoms with E-state index in [2.05, 4.69) is 4.98 Å². The van der Waals surface area contributed by atoms with E-state index in [0.717, 1.165) is 5.56 Å². The first kappa shape index (κ1) is 21.3. The third-order valence-electron chi connectivity index (χ3n) is 5.47. The topological polar surface area (TPSA) is 68.7 Å². The van der Waals surface area contributed by atoms with E-state index in [1.54, 1.807) is 42.5 Å². The fourth-order valence-electron chi connectivity index (χ4n) is 3.86. The Balaban J connectivity index is 1.75. The molecule has 1 saturated heterocycles. The fraction of sp³-hybridized carbons (Fsp3) is 0.192. The van der Waals surface area contributed by atoms with Crippen LogP contribution in [0.3, 0.4) is 0 Å². The van der Waals surface area contributed by atoms with Crippen molar-refractivity contribution < 1.29 is 19.1 Å². The van der Waals surface area contributed by atoms with Crippen LogP contribution in [0, 0.1) is 0 Å². The molecular formula is C26H24N2O4. The Morgan fingerprint density at radius 2 is 1.72 bits per heavy atom. The van der Waals surface area contributed by atoms with Gasteiger partial charge in [-0.3, -0.25) is 14.6 Å². The molecule has 1 unspecified atom stereocenters. The third kappa shape index (κ3) is 4.39. The molecule has 4 rings (SSSR count). The van der Waals surface area contributed by atoms with Crippen molar-refractivity contribution in [1.29, 1.82) is 0 Å². The Morgan fingerprint density at radius 1 is 0.969 bits per heavy atom. The minimum atomic E-state index is -0.956. The lowest BCUT2D eigenvalue weighted by molar-refractivity contribution is -0.139. The predicted molar refractivity (Wildman–Crippen MR) is 121 cm³/mol. The quantitative estimate of drug-likeness (QED) is 0.440. The number of methoxy groups -OCH3 is 2. The number of pyridine rings is 1. The summed E-state index contributed by atoms with van der Waals surface area (Å²) in [4.78, 5) is 33.0. The van der Waals surface area contributed by atoms with Gasteiger partial charge in [-0.1, -0.05) is 42.5 Å². The molecule has 0 bridgehead atoms. The molecule has 6 nitrogen and oxygen atoms in total. The molecule has 3 aromatic rings. The second-order valence-corrected chi connectivity index (χ2v) is 7.52. The van der Waals surface area contributed by atoms with Crippen LogP contribution in [-0.4, -0.2) is 42.3 Å². The fourth-order valence-corrected chi connectivity index (χ4v) is 3.86. The minimum absolute atomic E-state index is 0.225. The SMILES string of the molecule is COc1ccc(C2C(=O)C(=Cc3ccccn3)CN(Cc3ccccc3)C2=O)cc1OC. The number of likely N-dealkylation sites (tertiary alicyclic amines) is 1. The van der Waals surface area contributed by atoms with E-state index in [1.807, 2.05) is 48.5 Å². The van der Waals surface area contributed by atoms with Crippen LogP contribution in [-0.2, 0) is 16.1 Å². The number of Topliss-reactive ketones (excluding diaryl/α,β-unsaturated/α-hetero) is 1. The van der Waals surface area contributed by atoms with Gasteiger partial charge in [0.15, 0.2) is 17.3 Å². The molecule has 6 heteroatoms. The van der Waals surface area contributed by atoms with Crippen LogP contribution < -0.4 is 9.47 Å². The average molecular weight is 428 g/mol. The van der Waals surface area contributed by atoms with Crippen molar-refractivity contribution in [3.05, 3.63) is 95.3 Å². The molecule has 0 N–H and O–H groups in total. The van der Waals surface area contributed by atoms with Crippen LogP contribution in [0.4, 0.5) is 0 Å². The van der Waals surface area contributed by atoms with E-state index in [4.69, 9.17) is 9.47 Å². The standard InChI is InChI=1S/C26H24N2O4/c1-31-22-12-11-19(15-23(22)32-2)24-25(29)20(14-21-10-6-7-13-27-21)17-28(26(24)30)16-18-8-4-3-5-9-18/h3-15,24H,16-17H2,1-2H3. The molecule has 1 aliphatic rings. The molecule has 162 valence electrons. The van der Waals surface area contributed by atoms with E-state index in [-0.39, 0.29) is 18.2 Å². The molecular weight excluding hydrogens is 404 g/mol. The Hall–Kier alpha value is -3.93. The summed E-state index contributed by atoms with van der Waals surface area (Å²) >= 11 is 0. The number of hydrogen-bond donors (Lipinski definition) is 0. The minimum Gasteiger partial charge on any atom is -0.493 e. The van der Waals surface area contributed by atoms with E-state index >= 15 is 0 Å². The van der Waals surface area contributed by atoms with Crippen molar-refractivity contribution in [2.75, 3.05) is 20.8 Å². The smallest absolute Gasteiger partial charge is 0.238 e. The molecule has 1 atom stereocenters. The van der Waals surface area contributed by atoms with E-state index in [9.17, 15) is 9.59 Å². The van der Waals surface area contributed by atoms with Crippen LogP contribution in [0.2, 0.25) is 0 Å². The van der Waals surface area contributed by atoms with Crippen LogP contribution in [0.15, 0.2) is 78.5 Å². The number of carbonyl (C=O) groups excluding carboxylic acids is 2. The first-order chi connectivity index (χ1) is 15.6. The van der Waals surface area contributed by atoms with Gasteiger partial charge >= 0.3 is 0 Å². The number of ketones is 1. The van der Waals surface area contributed by atoms with Gasteiger partial charge in [-0.15, -0.1) is 0 Å². The summed E-state index contributed by atoms with van der Waals surface area (Å²) in [6.45, 7) is 0.642. The number of benzene rings is 2. The molecule has 32 heavy (non-hydrogen) atoms. The van der Waals surface area contributed by atoms with Crippen molar-refractivity contribution in [2.45, 2.75) is 12.5 Å². The Bertz CT molecular complexity index is 1140. The van der Waals surface area contributed by atoms with Gasteiger partial charge in [-0.25, -0.2) is 0 Å². The van der Waals surface area contributed by atoms with Crippen molar-refractivity contribution >= 4 is 17.8 Å². The third-order valence-corrected chi connectivity index (χ3v) is 5.47. The van der Waals surface area contributed by atoms with Crippen LogP contribution in [0.5, 0.6) is 11.5 Å². The van der Waals surface area contributed by atoms with Crippen molar-refractivity contribution in [3.8, 4) is 11.5 Å². The monoisotopic (exact) mass is 428 g/mol. The highest BCUT2D eigenvalue weighted by molar-refractivity contribution is 6.18. The first-order valence-electron chi connectivity index (χ1n) is 10.3. The van der Waals surface area contributed by atoms with Crippen molar-refractivity contribution in [2.24, 2.45) is 0 Å². The van der Waals surface area contributed by atoms with Crippen molar-refractivity contribution in [1.82, 2.24) is 9.88 Å². The second-order valence-electron chi connectivity index (χ2n) is 7.52. The number of piperidine rings is 1. The van der Waals surface area contributed by atoms with Crippen LogP contribution in [0.25, 0.3) is 6.08 Å². The van der Waals surface area contributed by atoms with Gasteiger partial charge in [-0.2, -0.15) is 0 Å². The maximum Gasteiger partial charge on any atom is 0.238 e. The van der Waals surface area contributed by atoms with Gasteiger partial charge in [0, 0.05) is 24.9 Å². The lowest BCUT2D eigenvalue weighted by Crippen LogP contribution is -2.45. The van der Waals surface area contributed by atoms with E-state index in [0.29, 0.717) is 34.9 Å². The predicted octanol–water partition coefficient (Wildman–Crippen LogP) is 3.88. The summed E-state index contributed by atoms with van der Waals surface area (Å²) in [6.07, 6.45) is 3.44. The van der Waals surface area contributed by atoms with Gasteiger partial charge in [0.05, 0.1) is 19.9 Å². The van der Waals surface area contributed by atoms with Crippen LogP contribution in [0.1, 0.15) is 22.7 Å². The summed E-state index contributed by atoms with van der Waals surface area (Å²) in [6, 6.07) is 20.4. The molecule has 0 radical (unpaired) electrons. The molecule has 1 aromatic heterocycles. The molecule has 0 aliphatic carbocycles. The summed E-state index contributed by atoms with van der Waals surface area (Å²) in [5.74, 6) is -0.401. The van der Waals surface area contributed by atoms with Gasteiger partial charge in [0.1, 0.15) is 5.92 Å². The Kier molecular flexibility index (Phi) is 6.31. The molecule has 0 saturated carbocycles. The summed E-state index contributed by atoms with van der Waals surface area (Å²) in [7, 11) is 3.07. The number of ether oxygens (including phenoxy) is 2. The van der Waals surface area contributed by atoms with Crippen LogP contribution >= 0.6 is 0 Å². The highest BCUT2D eigenvalue weighted by Gasteiger charge is 2.39. The number of hydrogen-bond acceptors (Lipinski definition) is 5. The van der Waals surface area contributed by atoms with E-state index in [1.165, 1.54) is 7.11 Å². The molecule has 1 fully saturated rings. The van der Waals surface area contributed by atoms with Gasteiger partial charge in [0.2, 0.25) is 5.91 Å². The van der Waals surface area contributed by atoms with E-state index < -0.39 is 5.92 Å². The lowest BCUT2D eigenvalue weighted by Gasteiger charge is -2.33. The summed E-state index contributed by atoms with van der Waals surface area (Å²) in [5, 5.41) is 0. The Labute approximate surface area is 187 Å². The highest BCUT2D eigenvalue weighted by Crippen LogP contribution is 2.35. The zero-order valence-electron chi connectivity index (χ0n) is 18.0. The number of aromatic nitrogens is 1. The molecule has 0 spiro atoms. The summed E-state index contributed by atoms with van der Waals surface area (Å²) in [5.41, 5.74) is 2.79. The number of carbonyl (C=O) groups is 2. The average Bonchev–Trinajstić information content (AvgIpc) is 2.83. The van der Waals surface area contributed by atoms with Crippen molar-refractivity contribution in [3.63, 3.8) is 0 Å². The molecule has 2 aromatic carbocycles. The van der Waals surface area contributed by atoms with Gasteiger partial charge < -0.3 is 14.4 Å². The maximum atomic E-state index is 13.5. The zero-order chi connectivity index (χ0) is 22.5. The molecule has 1 aliphatic heterocycles. The summed E-state index contributed by atoms with van der Waals surface area (Å²) < 4.78 is 10.7. The maximum absolute atomic E-state index is 13.5. The Morgan fingerprint density at radius 3 is 2.41 bits per heavy atom. The largest absolute Gasteiger partial charge is 0.493 e.